The van der Waals surface area contributed by atoms with Gasteiger partial charge in [0.1, 0.15) is 5.01 Å². The largest absolute Gasteiger partial charge is 0.378 e. The number of methoxy groups -OCH3 is 1. The third-order valence-electron chi connectivity index (χ3n) is 2.91. The van der Waals surface area contributed by atoms with Crippen LogP contribution in [0.5, 0.6) is 0 Å². The van der Waals surface area contributed by atoms with E-state index in [0.717, 1.165) is 22.7 Å². The van der Waals surface area contributed by atoms with Crippen molar-refractivity contribution in [2.45, 2.75) is 26.9 Å². The molecule has 0 spiro atoms. The zero-order valence-electron chi connectivity index (χ0n) is 11.4. The van der Waals surface area contributed by atoms with E-state index in [1.54, 1.807) is 14.0 Å². The van der Waals surface area contributed by atoms with E-state index >= 15 is 0 Å². The van der Waals surface area contributed by atoms with Gasteiger partial charge in [0, 0.05) is 19.6 Å². The predicted octanol–water partition coefficient (Wildman–Crippen LogP) is 3.72. The Hall–Kier alpha value is -1.52. The lowest BCUT2D eigenvalue weighted by Gasteiger charge is -1.98. The number of carbonyl (C=O) groups excluding carboxylic acids is 1. The van der Waals surface area contributed by atoms with E-state index in [1.807, 2.05) is 0 Å². The van der Waals surface area contributed by atoms with Gasteiger partial charge in [0.2, 0.25) is 0 Å². The van der Waals surface area contributed by atoms with Crippen LogP contribution in [0, 0.1) is 0 Å². The molecule has 0 unspecified atom stereocenters. The molecular weight excluding hydrogens is 258 g/mol. The Morgan fingerprint density at radius 2 is 2.00 bits per heavy atom. The predicted molar refractivity (Wildman–Crippen MR) is 77.6 cm³/mol. The summed E-state index contributed by atoms with van der Waals surface area (Å²) in [6, 6.07) is 8.30. The lowest BCUT2D eigenvalue weighted by atomic mass is 10.1. The van der Waals surface area contributed by atoms with Gasteiger partial charge in [0.05, 0.1) is 17.2 Å². The Balaban J connectivity index is 2.38. The van der Waals surface area contributed by atoms with E-state index in [0.29, 0.717) is 11.5 Å². The van der Waals surface area contributed by atoms with Gasteiger partial charge in [-0.2, -0.15) is 0 Å². The third kappa shape index (κ3) is 3.08. The van der Waals surface area contributed by atoms with Gasteiger partial charge in [-0.25, -0.2) is 4.98 Å². The molecule has 1 aromatic carbocycles. The lowest BCUT2D eigenvalue weighted by Crippen LogP contribution is -1.97. The first-order valence-electron chi connectivity index (χ1n) is 6.24. The molecule has 0 aliphatic carbocycles. The Bertz CT molecular complexity index is 572. The maximum Gasteiger partial charge on any atom is 0.171 e. The van der Waals surface area contributed by atoms with Crippen LogP contribution in [0.25, 0.3) is 10.6 Å². The van der Waals surface area contributed by atoms with E-state index < -0.39 is 0 Å². The van der Waals surface area contributed by atoms with Crippen molar-refractivity contribution in [2.24, 2.45) is 0 Å². The standard InChI is InChI=1S/C15H17NO2S/c1-4-11-5-7-12(8-6-11)15-16-13(9-18-3)14(19-15)10(2)17/h5-8H,4,9H2,1-3H3. The second kappa shape index (κ2) is 6.08. The summed E-state index contributed by atoms with van der Waals surface area (Å²) < 4.78 is 5.10. The zero-order chi connectivity index (χ0) is 13.8. The molecule has 0 bridgehead atoms. The van der Waals surface area contributed by atoms with Crippen molar-refractivity contribution < 1.29 is 9.53 Å². The smallest absolute Gasteiger partial charge is 0.171 e. The number of ketones is 1. The summed E-state index contributed by atoms with van der Waals surface area (Å²) in [6.07, 6.45) is 1.02. The monoisotopic (exact) mass is 275 g/mol. The fourth-order valence-corrected chi connectivity index (χ4v) is 2.84. The number of hydrogen-bond acceptors (Lipinski definition) is 4. The molecule has 0 N–H and O–H groups in total. The number of carbonyl (C=O) groups is 1. The van der Waals surface area contributed by atoms with Crippen molar-refractivity contribution in [2.75, 3.05) is 7.11 Å². The number of rotatable bonds is 5. The van der Waals surface area contributed by atoms with Crippen molar-refractivity contribution in [1.29, 1.82) is 0 Å². The summed E-state index contributed by atoms with van der Waals surface area (Å²) in [5.74, 6) is 0.0426. The average molecular weight is 275 g/mol. The molecule has 2 rings (SSSR count). The van der Waals surface area contributed by atoms with Gasteiger partial charge in [-0.3, -0.25) is 4.79 Å². The van der Waals surface area contributed by atoms with Crippen LogP contribution in [0.1, 0.15) is 34.8 Å². The van der Waals surface area contributed by atoms with Gasteiger partial charge in [-0.1, -0.05) is 31.2 Å². The van der Waals surface area contributed by atoms with E-state index in [-0.39, 0.29) is 5.78 Å². The molecule has 0 amide bonds. The minimum absolute atomic E-state index is 0.0426. The van der Waals surface area contributed by atoms with Crippen molar-refractivity contribution in [1.82, 2.24) is 4.98 Å². The van der Waals surface area contributed by atoms with Crippen LogP contribution >= 0.6 is 11.3 Å². The quantitative estimate of drug-likeness (QED) is 0.781. The molecular formula is C15H17NO2S. The van der Waals surface area contributed by atoms with Crippen LogP contribution in [0.2, 0.25) is 0 Å². The highest BCUT2D eigenvalue weighted by Gasteiger charge is 2.15. The summed E-state index contributed by atoms with van der Waals surface area (Å²) >= 11 is 1.43. The molecule has 19 heavy (non-hydrogen) atoms. The van der Waals surface area contributed by atoms with Gasteiger partial charge < -0.3 is 4.74 Å². The minimum atomic E-state index is 0.0426. The maximum atomic E-state index is 11.6. The number of thiazole rings is 1. The zero-order valence-corrected chi connectivity index (χ0v) is 12.2. The van der Waals surface area contributed by atoms with Crippen LogP contribution in [0.4, 0.5) is 0 Å². The van der Waals surface area contributed by atoms with E-state index in [1.165, 1.54) is 16.9 Å². The first-order valence-corrected chi connectivity index (χ1v) is 7.06. The maximum absolute atomic E-state index is 11.6. The van der Waals surface area contributed by atoms with Crippen LogP contribution < -0.4 is 0 Å². The topological polar surface area (TPSA) is 39.2 Å². The van der Waals surface area contributed by atoms with Gasteiger partial charge in [-0.15, -0.1) is 11.3 Å². The Morgan fingerprint density at radius 3 is 2.53 bits per heavy atom. The first-order chi connectivity index (χ1) is 9.15. The number of aryl methyl sites for hydroxylation is 1. The Morgan fingerprint density at radius 1 is 1.32 bits per heavy atom. The van der Waals surface area contributed by atoms with Crippen molar-refractivity contribution in [3.05, 3.63) is 40.4 Å². The van der Waals surface area contributed by atoms with Crippen LogP contribution in [-0.2, 0) is 17.8 Å². The highest BCUT2D eigenvalue weighted by Crippen LogP contribution is 2.29. The SMILES string of the molecule is CCc1ccc(-c2nc(COC)c(C(C)=O)s2)cc1. The van der Waals surface area contributed by atoms with Crippen LogP contribution in [-0.4, -0.2) is 17.9 Å². The number of Topliss-reactive ketones (excluding diaryl/α,β-unsaturated/α-hetero) is 1. The first kappa shape index (κ1) is 13.9. The lowest BCUT2D eigenvalue weighted by molar-refractivity contribution is 0.101. The molecule has 0 atom stereocenters. The molecule has 2 aromatic rings. The molecule has 100 valence electrons. The molecule has 1 aromatic heterocycles. The van der Waals surface area contributed by atoms with Crippen LogP contribution in [0.15, 0.2) is 24.3 Å². The van der Waals surface area contributed by atoms with Gasteiger partial charge in [0.15, 0.2) is 5.78 Å². The number of ether oxygens (including phenoxy) is 1. The molecule has 0 aliphatic rings. The van der Waals surface area contributed by atoms with Gasteiger partial charge in [-0.05, 0) is 12.0 Å². The Labute approximate surface area is 117 Å². The second-order valence-corrected chi connectivity index (χ2v) is 5.33. The number of hydrogen-bond donors (Lipinski definition) is 0. The van der Waals surface area contributed by atoms with Gasteiger partial charge >= 0.3 is 0 Å². The van der Waals surface area contributed by atoms with Crippen molar-refractivity contribution in [3.8, 4) is 10.6 Å². The van der Waals surface area contributed by atoms with E-state index in [4.69, 9.17) is 4.74 Å². The van der Waals surface area contributed by atoms with Crippen molar-refractivity contribution >= 4 is 17.1 Å². The second-order valence-electron chi connectivity index (χ2n) is 4.33. The van der Waals surface area contributed by atoms with Crippen LogP contribution in [0.3, 0.4) is 0 Å². The molecule has 0 fully saturated rings. The number of benzene rings is 1. The fourth-order valence-electron chi connectivity index (χ4n) is 1.87. The Kier molecular flexibility index (Phi) is 4.45. The fraction of sp³-hybridized carbons (Fsp3) is 0.333. The summed E-state index contributed by atoms with van der Waals surface area (Å²) in [5.41, 5.74) is 3.07. The summed E-state index contributed by atoms with van der Waals surface area (Å²) in [5, 5.41) is 0.875. The van der Waals surface area contributed by atoms with Gasteiger partial charge in [0.25, 0.3) is 0 Å². The minimum Gasteiger partial charge on any atom is -0.378 e. The molecule has 0 aliphatic heterocycles. The summed E-state index contributed by atoms with van der Waals surface area (Å²) in [6.45, 7) is 4.07. The number of aromatic nitrogens is 1. The summed E-state index contributed by atoms with van der Waals surface area (Å²) in [4.78, 5) is 16.8. The number of nitrogens with zero attached hydrogens (tertiary/aromatic N) is 1. The molecule has 4 heteroatoms. The van der Waals surface area contributed by atoms with E-state index in [9.17, 15) is 4.79 Å². The molecule has 0 radical (unpaired) electrons. The molecule has 1 heterocycles. The summed E-state index contributed by atoms with van der Waals surface area (Å²) in [7, 11) is 1.61. The third-order valence-corrected chi connectivity index (χ3v) is 4.15. The highest BCUT2D eigenvalue weighted by atomic mass is 32.1. The molecule has 0 saturated heterocycles. The van der Waals surface area contributed by atoms with E-state index in [2.05, 4.69) is 36.2 Å². The highest BCUT2D eigenvalue weighted by molar-refractivity contribution is 7.17. The van der Waals surface area contributed by atoms with Crippen molar-refractivity contribution in [3.63, 3.8) is 0 Å². The molecule has 3 nitrogen and oxygen atoms in total. The molecule has 0 saturated carbocycles. The average Bonchev–Trinajstić information content (AvgIpc) is 2.83. The normalized spacial score (nSPS) is 10.7.